The van der Waals surface area contributed by atoms with Crippen molar-refractivity contribution in [1.29, 1.82) is 0 Å². The molecule has 1 N–H and O–H groups in total. The van der Waals surface area contributed by atoms with Crippen molar-refractivity contribution in [1.82, 2.24) is 14.9 Å². The van der Waals surface area contributed by atoms with Crippen LogP contribution in [0.4, 0.5) is 0 Å². The summed E-state index contributed by atoms with van der Waals surface area (Å²) < 4.78 is 26.4. The highest BCUT2D eigenvalue weighted by Crippen LogP contribution is 2.40. The molecule has 0 atom stereocenters. The van der Waals surface area contributed by atoms with Crippen LogP contribution in [0.25, 0.3) is 11.0 Å². The largest absolute Gasteiger partial charge is 0.348 e. The van der Waals surface area contributed by atoms with Crippen LogP contribution in [0.2, 0.25) is 0 Å². The molecule has 7 heteroatoms. The van der Waals surface area contributed by atoms with Crippen LogP contribution < -0.4 is 5.32 Å². The summed E-state index contributed by atoms with van der Waals surface area (Å²) in [6, 6.07) is 11.5. The summed E-state index contributed by atoms with van der Waals surface area (Å²) >= 11 is 0. The Morgan fingerprint density at radius 2 is 1.79 bits per heavy atom. The Kier molecular flexibility index (Phi) is 6.47. The van der Waals surface area contributed by atoms with Gasteiger partial charge in [-0.3, -0.25) is 4.79 Å². The highest BCUT2D eigenvalue weighted by molar-refractivity contribution is 7.91. The van der Waals surface area contributed by atoms with E-state index in [1.54, 1.807) is 37.4 Å². The fourth-order valence-electron chi connectivity index (χ4n) is 5.14. The third-order valence-electron chi connectivity index (χ3n) is 7.27. The van der Waals surface area contributed by atoms with Crippen molar-refractivity contribution in [3.63, 3.8) is 0 Å². The van der Waals surface area contributed by atoms with Crippen molar-refractivity contribution in [2.75, 3.05) is 5.75 Å². The van der Waals surface area contributed by atoms with E-state index in [2.05, 4.69) is 16.0 Å². The second-order valence-electron chi connectivity index (χ2n) is 9.81. The minimum atomic E-state index is -3.22. The monoisotopic (exact) mass is 479 g/mol. The topological polar surface area (TPSA) is 81.1 Å². The van der Waals surface area contributed by atoms with Gasteiger partial charge in [0.1, 0.15) is 5.65 Å². The number of carbonyl (C=O) groups excluding carboxylic acids is 1. The van der Waals surface area contributed by atoms with Crippen LogP contribution in [0.1, 0.15) is 79.5 Å². The van der Waals surface area contributed by atoms with Gasteiger partial charge in [-0.1, -0.05) is 51.2 Å². The highest BCUT2D eigenvalue weighted by atomic mass is 32.2. The van der Waals surface area contributed by atoms with Gasteiger partial charge in [0.15, 0.2) is 9.84 Å². The van der Waals surface area contributed by atoms with Gasteiger partial charge in [0.2, 0.25) is 0 Å². The molecule has 0 bridgehead atoms. The number of nitrogens with one attached hydrogen (secondary N) is 1. The number of rotatable bonds is 8. The van der Waals surface area contributed by atoms with Crippen LogP contribution in [0.15, 0.2) is 47.5 Å². The van der Waals surface area contributed by atoms with Crippen molar-refractivity contribution in [2.45, 2.75) is 75.8 Å². The molecule has 2 aromatic heterocycles. The fraction of sp³-hybridized carbons (Fsp3) is 0.481. The van der Waals surface area contributed by atoms with E-state index in [-0.39, 0.29) is 11.7 Å². The van der Waals surface area contributed by atoms with Crippen LogP contribution in [-0.4, -0.2) is 29.6 Å². The lowest BCUT2D eigenvalue weighted by Crippen LogP contribution is -2.23. The van der Waals surface area contributed by atoms with Crippen molar-refractivity contribution in [3.8, 4) is 0 Å². The quantitative estimate of drug-likeness (QED) is 0.480. The maximum absolute atomic E-state index is 12.8. The molecule has 2 heterocycles. The zero-order valence-corrected chi connectivity index (χ0v) is 20.6. The van der Waals surface area contributed by atoms with Crippen LogP contribution in [0, 0.1) is 5.92 Å². The second-order valence-corrected chi connectivity index (χ2v) is 12.1. The number of hydrogen-bond donors (Lipinski definition) is 1. The first-order chi connectivity index (χ1) is 16.4. The Morgan fingerprint density at radius 3 is 2.47 bits per heavy atom. The predicted octanol–water partition coefficient (Wildman–Crippen LogP) is 5.22. The van der Waals surface area contributed by atoms with E-state index in [9.17, 15) is 13.2 Å². The zero-order chi connectivity index (χ0) is 23.7. The molecule has 34 heavy (non-hydrogen) atoms. The van der Waals surface area contributed by atoms with E-state index in [4.69, 9.17) is 4.98 Å². The third-order valence-corrected chi connectivity index (χ3v) is 9.02. The molecule has 0 saturated heterocycles. The Hall–Kier alpha value is -2.67. The molecule has 0 aliphatic heterocycles. The average molecular weight is 480 g/mol. The summed E-state index contributed by atoms with van der Waals surface area (Å²) in [4.78, 5) is 17.9. The lowest BCUT2D eigenvalue weighted by molar-refractivity contribution is 0.0950. The van der Waals surface area contributed by atoms with Gasteiger partial charge in [-0.25, -0.2) is 13.4 Å². The molecular weight excluding hydrogens is 446 g/mol. The van der Waals surface area contributed by atoms with Crippen molar-refractivity contribution in [3.05, 3.63) is 59.4 Å². The van der Waals surface area contributed by atoms with E-state index in [1.807, 2.05) is 6.07 Å². The summed E-state index contributed by atoms with van der Waals surface area (Å²) in [5, 5.41) is 3.98. The number of nitrogens with zero attached hydrogens (tertiary/aromatic N) is 2. The van der Waals surface area contributed by atoms with Crippen LogP contribution in [0.5, 0.6) is 0 Å². The summed E-state index contributed by atoms with van der Waals surface area (Å²) in [6.45, 7) is 1.96. The molecule has 3 aromatic rings. The molecule has 2 saturated carbocycles. The number of carbonyl (C=O) groups is 1. The van der Waals surface area contributed by atoms with E-state index in [0.717, 1.165) is 28.9 Å². The molecule has 0 spiro atoms. The molecule has 1 amide bonds. The molecule has 2 aliphatic rings. The average Bonchev–Trinajstić information content (AvgIpc) is 3.63. The molecule has 1 aromatic carbocycles. The van der Waals surface area contributed by atoms with Gasteiger partial charge in [0.05, 0.1) is 16.2 Å². The van der Waals surface area contributed by atoms with Gasteiger partial charge >= 0.3 is 0 Å². The molecule has 180 valence electrons. The Labute approximate surface area is 201 Å². The summed E-state index contributed by atoms with van der Waals surface area (Å²) in [6.07, 6.45) is 11.9. The van der Waals surface area contributed by atoms with Crippen LogP contribution in [0.3, 0.4) is 0 Å². The van der Waals surface area contributed by atoms with E-state index >= 15 is 0 Å². The van der Waals surface area contributed by atoms with E-state index < -0.39 is 9.84 Å². The molecule has 2 fully saturated rings. The first-order valence-corrected chi connectivity index (χ1v) is 14.2. The number of sulfone groups is 1. The van der Waals surface area contributed by atoms with E-state index in [0.29, 0.717) is 23.0 Å². The summed E-state index contributed by atoms with van der Waals surface area (Å²) in [7, 11) is -3.22. The standard InChI is InChI=1S/C27H33N3O3S/c1-2-34(32,33)25-12-8-20(9-13-25)17-29-27(31)22-15-21-16-24(14-19-6-4-3-5-7-19)30(23-10-11-23)26(21)28-18-22/h8-9,12-13,15-16,18-19,23H,2-7,10-11,14,17H2,1H3,(H,29,31). The fourth-order valence-corrected chi connectivity index (χ4v) is 6.03. The van der Waals surface area contributed by atoms with Crippen LogP contribution >= 0.6 is 0 Å². The number of hydrogen-bond acceptors (Lipinski definition) is 4. The van der Waals surface area contributed by atoms with Crippen molar-refractivity contribution >= 4 is 26.8 Å². The van der Waals surface area contributed by atoms with Crippen molar-refractivity contribution in [2.24, 2.45) is 5.92 Å². The Bertz CT molecular complexity index is 1280. The van der Waals surface area contributed by atoms with Gasteiger partial charge in [-0.15, -0.1) is 0 Å². The third kappa shape index (κ3) is 4.90. The maximum Gasteiger partial charge on any atom is 0.253 e. The minimum Gasteiger partial charge on any atom is -0.348 e. The molecular formula is C27H33N3O3S. The highest BCUT2D eigenvalue weighted by Gasteiger charge is 2.29. The molecule has 5 rings (SSSR count). The Morgan fingerprint density at radius 1 is 1.06 bits per heavy atom. The van der Waals surface area contributed by atoms with Gasteiger partial charge in [0.25, 0.3) is 5.91 Å². The van der Waals surface area contributed by atoms with Gasteiger partial charge in [0, 0.05) is 29.9 Å². The number of amides is 1. The van der Waals surface area contributed by atoms with Crippen LogP contribution in [-0.2, 0) is 22.8 Å². The number of aromatic nitrogens is 2. The van der Waals surface area contributed by atoms with E-state index in [1.165, 1.54) is 50.6 Å². The molecule has 0 radical (unpaired) electrons. The lowest BCUT2D eigenvalue weighted by atomic mass is 9.86. The normalized spacial score (nSPS) is 17.2. The number of fused-ring (bicyclic) bond motifs is 1. The zero-order valence-electron chi connectivity index (χ0n) is 19.8. The van der Waals surface area contributed by atoms with Crippen molar-refractivity contribution < 1.29 is 13.2 Å². The second kappa shape index (κ2) is 9.53. The summed E-state index contributed by atoms with van der Waals surface area (Å²) in [5.74, 6) is 0.660. The Balaban J connectivity index is 1.30. The minimum absolute atomic E-state index is 0.0728. The van der Waals surface area contributed by atoms with Gasteiger partial charge in [-0.2, -0.15) is 0 Å². The first-order valence-electron chi connectivity index (χ1n) is 12.5. The molecule has 2 aliphatic carbocycles. The summed E-state index contributed by atoms with van der Waals surface area (Å²) in [5.41, 5.74) is 3.77. The van der Waals surface area contributed by atoms with Gasteiger partial charge < -0.3 is 9.88 Å². The SMILES string of the molecule is CCS(=O)(=O)c1ccc(CNC(=O)c2cnc3c(c2)cc(CC2CCCCC2)n3C2CC2)cc1. The number of benzene rings is 1. The maximum atomic E-state index is 12.8. The molecule has 0 unspecified atom stereocenters. The lowest BCUT2D eigenvalue weighted by Gasteiger charge is -2.22. The smallest absolute Gasteiger partial charge is 0.253 e. The predicted molar refractivity (Wildman–Crippen MR) is 134 cm³/mol. The number of pyridine rings is 1. The first kappa shape index (κ1) is 23.1. The van der Waals surface area contributed by atoms with Gasteiger partial charge in [-0.05, 0) is 55.0 Å². The molecule has 6 nitrogen and oxygen atoms in total.